The second-order valence-electron chi connectivity index (χ2n) is 6.78. The van der Waals surface area contributed by atoms with E-state index in [0.717, 1.165) is 25.7 Å². The van der Waals surface area contributed by atoms with E-state index in [1.807, 2.05) is 12.2 Å². The van der Waals surface area contributed by atoms with E-state index in [-0.39, 0.29) is 5.92 Å². The quantitative estimate of drug-likeness (QED) is 0.491. The maximum Gasteiger partial charge on any atom is 0.314 e. The Hall–Kier alpha value is -1.09. The van der Waals surface area contributed by atoms with Crippen LogP contribution in [0, 0.1) is 11.3 Å². The zero-order valence-electron chi connectivity index (χ0n) is 15.1. The first kappa shape index (κ1) is 20.0. The molecule has 23 heavy (non-hydrogen) atoms. The summed E-state index contributed by atoms with van der Waals surface area (Å²) >= 11 is 0. The predicted octanol–water partition coefficient (Wildman–Crippen LogP) is 5.37. The molecule has 0 amide bonds. The van der Waals surface area contributed by atoms with Gasteiger partial charge in [-0.2, -0.15) is 0 Å². The van der Waals surface area contributed by atoms with Crippen LogP contribution >= 0.6 is 0 Å². The van der Waals surface area contributed by atoms with Crippen molar-refractivity contribution in [1.82, 2.24) is 0 Å². The molecule has 0 aromatic carbocycles. The van der Waals surface area contributed by atoms with Crippen molar-refractivity contribution in [2.45, 2.75) is 71.6 Å². The summed E-state index contributed by atoms with van der Waals surface area (Å²) in [5.41, 5.74) is 0.459. The van der Waals surface area contributed by atoms with Crippen LogP contribution in [0.15, 0.2) is 23.8 Å². The Morgan fingerprint density at radius 3 is 2.48 bits per heavy atom. The standard InChI is InChI=1S/C20H34O3/c1-4-5-6-7-8-9-10-14-20(19(21)22)15-11-12-18(17(20)2)13-16-23-3/h11-12,15,17H,4-10,13-14,16H2,1-3H3,(H,21,22). The Kier molecular flexibility index (Phi) is 9.23. The SMILES string of the molecule is CCCCCCCCCC1(C(=O)O)C=CC=C(CCOC)C1C. The summed E-state index contributed by atoms with van der Waals surface area (Å²) in [5, 5.41) is 9.87. The molecule has 1 N–H and O–H groups in total. The van der Waals surface area contributed by atoms with Crippen LogP contribution in [0.4, 0.5) is 0 Å². The summed E-state index contributed by atoms with van der Waals surface area (Å²) in [4.78, 5) is 12.0. The van der Waals surface area contributed by atoms with Gasteiger partial charge >= 0.3 is 5.97 Å². The number of rotatable bonds is 12. The number of aliphatic carboxylic acids is 1. The monoisotopic (exact) mass is 322 g/mol. The Balaban J connectivity index is 2.54. The molecule has 1 aliphatic carbocycles. The number of carboxylic acid groups (broad SMARTS) is 1. The molecule has 0 aromatic heterocycles. The number of carbonyl (C=O) groups is 1. The first-order valence-corrected chi connectivity index (χ1v) is 9.19. The van der Waals surface area contributed by atoms with Gasteiger partial charge in [0.15, 0.2) is 0 Å². The number of allylic oxidation sites excluding steroid dienone is 2. The van der Waals surface area contributed by atoms with E-state index in [1.54, 1.807) is 7.11 Å². The molecule has 0 fully saturated rings. The molecule has 1 rings (SSSR count). The van der Waals surface area contributed by atoms with Gasteiger partial charge in [0.1, 0.15) is 0 Å². The molecule has 0 heterocycles. The normalized spacial score (nSPS) is 23.8. The lowest BCUT2D eigenvalue weighted by molar-refractivity contribution is -0.148. The van der Waals surface area contributed by atoms with Crippen molar-refractivity contribution in [3.8, 4) is 0 Å². The first-order chi connectivity index (χ1) is 11.1. The van der Waals surface area contributed by atoms with Gasteiger partial charge in [-0.15, -0.1) is 0 Å². The van der Waals surface area contributed by atoms with Crippen LogP contribution in [0.5, 0.6) is 0 Å². The van der Waals surface area contributed by atoms with Crippen LogP contribution in [-0.4, -0.2) is 24.8 Å². The number of methoxy groups -OCH3 is 1. The summed E-state index contributed by atoms with van der Waals surface area (Å²) < 4.78 is 5.15. The average molecular weight is 322 g/mol. The molecule has 0 saturated heterocycles. The maximum absolute atomic E-state index is 12.0. The van der Waals surface area contributed by atoms with E-state index >= 15 is 0 Å². The van der Waals surface area contributed by atoms with Gasteiger partial charge in [0, 0.05) is 13.7 Å². The van der Waals surface area contributed by atoms with Gasteiger partial charge in [-0.3, -0.25) is 4.79 Å². The Bertz CT molecular complexity index is 411. The smallest absolute Gasteiger partial charge is 0.314 e. The topological polar surface area (TPSA) is 46.5 Å². The molecule has 2 atom stereocenters. The van der Waals surface area contributed by atoms with Gasteiger partial charge in [-0.1, -0.05) is 82.6 Å². The van der Waals surface area contributed by atoms with E-state index in [4.69, 9.17) is 4.74 Å². The molecular weight excluding hydrogens is 288 g/mol. The molecule has 0 aromatic rings. The van der Waals surface area contributed by atoms with E-state index in [2.05, 4.69) is 19.9 Å². The van der Waals surface area contributed by atoms with E-state index in [1.165, 1.54) is 37.7 Å². The lowest BCUT2D eigenvalue weighted by atomic mass is 9.66. The highest BCUT2D eigenvalue weighted by Crippen LogP contribution is 2.43. The van der Waals surface area contributed by atoms with Crippen LogP contribution in [-0.2, 0) is 9.53 Å². The van der Waals surface area contributed by atoms with E-state index in [9.17, 15) is 9.90 Å². The fourth-order valence-electron chi connectivity index (χ4n) is 3.52. The minimum absolute atomic E-state index is 0.0419. The zero-order chi connectivity index (χ0) is 17.1. The minimum atomic E-state index is -0.735. The third kappa shape index (κ3) is 5.80. The lowest BCUT2D eigenvalue weighted by Gasteiger charge is -2.36. The molecule has 3 nitrogen and oxygen atoms in total. The van der Waals surface area contributed by atoms with Gasteiger partial charge in [0.25, 0.3) is 0 Å². The van der Waals surface area contributed by atoms with Gasteiger partial charge in [-0.25, -0.2) is 0 Å². The van der Waals surface area contributed by atoms with Crippen molar-refractivity contribution in [3.05, 3.63) is 23.8 Å². The molecule has 2 unspecified atom stereocenters. The number of carboxylic acids is 1. The van der Waals surface area contributed by atoms with Crippen LogP contribution < -0.4 is 0 Å². The lowest BCUT2D eigenvalue weighted by Crippen LogP contribution is -2.38. The zero-order valence-corrected chi connectivity index (χ0v) is 15.1. The Morgan fingerprint density at radius 1 is 1.22 bits per heavy atom. The number of unbranched alkanes of at least 4 members (excludes halogenated alkanes) is 6. The minimum Gasteiger partial charge on any atom is -0.481 e. The summed E-state index contributed by atoms with van der Waals surface area (Å²) in [7, 11) is 1.69. The maximum atomic E-state index is 12.0. The summed E-state index contributed by atoms with van der Waals surface area (Å²) in [6, 6.07) is 0. The average Bonchev–Trinajstić information content (AvgIpc) is 2.54. The second-order valence-corrected chi connectivity index (χ2v) is 6.78. The molecule has 0 saturated carbocycles. The highest BCUT2D eigenvalue weighted by Gasteiger charge is 2.43. The third-order valence-corrected chi connectivity index (χ3v) is 5.22. The van der Waals surface area contributed by atoms with Crippen LogP contribution in [0.1, 0.15) is 71.6 Å². The van der Waals surface area contributed by atoms with Crippen LogP contribution in [0.3, 0.4) is 0 Å². The molecule has 0 radical (unpaired) electrons. The molecular formula is C20H34O3. The van der Waals surface area contributed by atoms with Crippen molar-refractivity contribution >= 4 is 5.97 Å². The largest absolute Gasteiger partial charge is 0.481 e. The van der Waals surface area contributed by atoms with Crippen LogP contribution in [0.25, 0.3) is 0 Å². The first-order valence-electron chi connectivity index (χ1n) is 9.19. The molecule has 0 spiro atoms. The molecule has 0 aliphatic heterocycles. The molecule has 0 bridgehead atoms. The highest BCUT2D eigenvalue weighted by molar-refractivity contribution is 5.78. The number of ether oxygens (including phenoxy) is 1. The van der Waals surface area contributed by atoms with Gasteiger partial charge < -0.3 is 9.84 Å². The van der Waals surface area contributed by atoms with E-state index < -0.39 is 11.4 Å². The molecule has 1 aliphatic rings. The predicted molar refractivity (Wildman–Crippen MR) is 95.6 cm³/mol. The summed E-state index contributed by atoms with van der Waals surface area (Å²) in [6.07, 6.45) is 16.0. The third-order valence-electron chi connectivity index (χ3n) is 5.22. The van der Waals surface area contributed by atoms with Crippen LogP contribution in [0.2, 0.25) is 0 Å². The summed E-state index contributed by atoms with van der Waals surface area (Å²) in [6.45, 7) is 4.93. The Labute approximate surface area is 141 Å². The van der Waals surface area contributed by atoms with E-state index in [0.29, 0.717) is 6.61 Å². The van der Waals surface area contributed by atoms with Crippen molar-refractivity contribution in [2.24, 2.45) is 11.3 Å². The molecule has 3 heteroatoms. The number of hydrogen-bond acceptors (Lipinski definition) is 2. The fourth-order valence-corrected chi connectivity index (χ4v) is 3.52. The van der Waals surface area contributed by atoms with Crippen molar-refractivity contribution in [1.29, 1.82) is 0 Å². The second kappa shape index (κ2) is 10.6. The van der Waals surface area contributed by atoms with Crippen molar-refractivity contribution < 1.29 is 14.6 Å². The molecule has 132 valence electrons. The van der Waals surface area contributed by atoms with Gasteiger partial charge in [0.2, 0.25) is 0 Å². The van der Waals surface area contributed by atoms with Crippen molar-refractivity contribution in [3.63, 3.8) is 0 Å². The Morgan fingerprint density at radius 2 is 1.87 bits per heavy atom. The summed E-state index contributed by atoms with van der Waals surface area (Å²) in [5.74, 6) is -0.643. The fraction of sp³-hybridized carbons (Fsp3) is 0.750. The number of hydrogen-bond donors (Lipinski definition) is 1. The van der Waals surface area contributed by atoms with Gasteiger partial charge in [-0.05, 0) is 18.8 Å². The van der Waals surface area contributed by atoms with Crippen molar-refractivity contribution in [2.75, 3.05) is 13.7 Å². The highest BCUT2D eigenvalue weighted by atomic mass is 16.5. The van der Waals surface area contributed by atoms with Gasteiger partial charge in [0.05, 0.1) is 5.41 Å².